The first-order valence-electron chi connectivity index (χ1n) is 32.2. The van der Waals surface area contributed by atoms with E-state index in [2.05, 4.69) is 84.7 Å². The number of hydrogen-bond donors (Lipinski definition) is 7. The minimum Gasteiger partial charge on any atom is -0.507 e. The highest BCUT2D eigenvalue weighted by atomic mass is 79.9. The van der Waals surface area contributed by atoms with Crippen molar-refractivity contribution in [2.24, 2.45) is 28.8 Å². The van der Waals surface area contributed by atoms with E-state index in [1.165, 1.54) is 59.4 Å². The first kappa shape index (κ1) is 71.9. The van der Waals surface area contributed by atoms with Crippen molar-refractivity contribution in [3.63, 3.8) is 0 Å². The molecule has 0 aliphatic carbocycles. The number of aliphatic hydroxyl groups excluding tert-OH is 2. The second-order valence-electron chi connectivity index (χ2n) is 25.9. The predicted molar refractivity (Wildman–Crippen MR) is 376 cm³/mol. The minimum absolute atomic E-state index is 0.0559. The third-order valence-corrected chi connectivity index (χ3v) is 19.4. The van der Waals surface area contributed by atoms with Crippen LogP contribution in [0, 0.1) is 30.6 Å². The molecule has 510 valence electrons. The number of phenolic OH excluding ortho intramolecular Hbond substituents is 3. The van der Waals surface area contributed by atoms with Crippen LogP contribution in [0.15, 0.2) is 143 Å². The van der Waals surface area contributed by atoms with Crippen LogP contribution in [0.3, 0.4) is 0 Å². The molecular formula is C75H89BrN6O14. The number of nitrogens with zero attached hydrogens (tertiary/aromatic N) is 5. The second-order valence-corrected chi connectivity index (χ2v) is 26.8. The molecule has 7 N–H and O–H groups in total. The van der Waals surface area contributed by atoms with E-state index < -0.39 is 100 Å². The molecule has 4 aliphatic heterocycles. The lowest BCUT2D eigenvalue weighted by Crippen LogP contribution is -2.46. The van der Waals surface area contributed by atoms with E-state index in [4.69, 9.17) is 28.7 Å². The Morgan fingerprint density at radius 3 is 2.23 bits per heavy atom. The van der Waals surface area contributed by atoms with Crippen LogP contribution < -0.4 is 14.8 Å². The van der Waals surface area contributed by atoms with Crippen LogP contribution >= 0.6 is 15.9 Å². The molecule has 21 heteroatoms. The number of halogens is 1. The number of hydrogen-bond acceptors (Lipinski definition) is 19. The van der Waals surface area contributed by atoms with E-state index in [0.29, 0.717) is 31.9 Å². The Morgan fingerprint density at radius 2 is 1.55 bits per heavy atom. The van der Waals surface area contributed by atoms with Crippen molar-refractivity contribution in [1.29, 1.82) is 0 Å². The maximum atomic E-state index is 14.4. The van der Waals surface area contributed by atoms with Gasteiger partial charge in [0.1, 0.15) is 29.0 Å². The predicted octanol–water partition coefficient (Wildman–Crippen LogP) is 11.5. The summed E-state index contributed by atoms with van der Waals surface area (Å²) in [5, 5.41) is 83.0. The first-order chi connectivity index (χ1) is 45.6. The topological polar surface area (TPSA) is 266 Å². The summed E-state index contributed by atoms with van der Waals surface area (Å²) in [4.78, 5) is 49.6. The number of aromatic nitrogens is 1. The summed E-state index contributed by atoms with van der Waals surface area (Å²) in [6.45, 7) is 15.8. The third kappa shape index (κ3) is 14.9. The SMILES string of the molecule is CO[C@H]1/C=C/O[C@@]2(C)Oc3c(C)c(O)c4c(O)c(c(/C=N/N5CCN(C)CC5)c(O)c4c3C2=O)NC(=O)/C(C)=C\C=C\[C@H](C)[C@H](O)[C@@H](C)[C@@H](O)[C@@H](C)[C@H](OC(C)=O)[C@@H]1C.COc1nc2ccc(Br)cc2cc1[C@@H](c1ccccc1)[C@@](O)(CCN(C)C)c1cccc2ccccc12. The summed E-state index contributed by atoms with van der Waals surface area (Å²) in [5.74, 6) is -8.25. The van der Waals surface area contributed by atoms with Crippen molar-refractivity contribution in [3.8, 4) is 28.9 Å². The zero-order chi connectivity index (χ0) is 69.7. The number of carbonyl (C=O) groups is 3. The number of esters is 1. The third-order valence-electron chi connectivity index (χ3n) is 18.9. The molecule has 0 saturated carbocycles. The van der Waals surface area contributed by atoms with Gasteiger partial charge in [0.05, 0.1) is 65.6 Å². The molecular weight excluding hydrogens is 1290 g/mol. The van der Waals surface area contributed by atoms with Crippen molar-refractivity contribution >= 4 is 77.9 Å². The number of hydrazone groups is 1. The molecule has 0 radical (unpaired) electrons. The number of carbonyl (C=O) groups excluding carboxylic acids is 3. The largest absolute Gasteiger partial charge is 0.507 e. The molecule has 96 heavy (non-hydrogen) atoms. The summed E-state index contributed by atoms with van der Waals surface area (Å²) < 4.78 is 30.5. The van der Waals surface area contributed by atoms with Crippen LogP contribution in [-0.4, -0.2) is 173 Å². The summed E-state index contributed by atoms with van der Waals surface area (Å²) in [6.07, 6.45) is 5.38. The number of Topliss-reactive ketones (excluding diaryl/α,β-unsaturated/α-hetero) is 1. The molecule has 4 aliphatic rings. The molecule has 5 bridgehead atoms. The molecule has 7 aromatic rings. The van der Waals surface area contributed by atoms with Crippen LogP contribution in [0.1, 0.15) is 99.0 Å². The lowest BCUT2D eigenvalue weighted by Gasteiger charge is -2.39. The number of anilines is 1. The highest BCUT2D eigenvalue weighted by Gasteiger charge is 2.50. The lowest BCUT2D eigenvalue weighted by molar-refractivity contribution is -0.160. The molecule has 0 spiro atoms. The Bertz CT molecular complexity index is 4130. The number of pyridine rings is 1. The Hall–Kier alpha value is -8.41. The van der Waals surface area contributed by atoms with Gasteiger partial charge >= 0.3 is 11.8 Å². The average molecular weight is 1380 g/mol. The van der Waals surface area contributed by atoms with Gasteiger partial charge in [-0.3, -0.25) is 19.4 Å². The number of benzene rings is 6. The molecule has 6 aromatic carbocycles. The Morgan fingerprint density at radius 1 is 0.865 bits per heavy atom. The molecule has 20 nitrogen and oxygen atoms in total. The van der Waals surface area contributed by atoms with Gasteiger partial charge in [-0.05, 0) is 93.7 Å². The fraction of sp³-hybridized carbons (Fsp3) is 0.400. The molecule has 1 aromatic heterocycles. The number of aliphatic hydroxyl groups is 3. The van der Waals surface area contributed by atoms with E-state index in [0.717, 1.165) is 55.9 Å². The second kappa shape index (κ2) is 30.3. The Balaban J connectivity index is 0.000000249. The molecule has 5 heterocycles. The normalized spacial score (nSPS) is 25.1. The summed E-state index contributed by atoms with van der Waals surface area (Å²) in [5.41, 5.74) is 2.01. The monoisotopic (exact) mass is 1380 g/mol. The quantitative estimate of drug-likeness (QED) is 0.0259. The summed E-state index contributed by atoms with van der Waals surface area (Å²) in [7, 11) is 9.15. The highest BCUT2D eigenvalue weighted by molar-refractivity contribution is 9.10. The number of phenols is 3. The van der Waals surface area contributed by atoms with E-state index in [1.54, 1.807) is 52.0 Å². The Kier molecular flexibility index (Phi) is 22.7. The van der Waals surface area contributed by atoms with Crippen LogP contribution in [0.4, 0.5) is 5.69 Å². The standard InChI is InChI=1S/C43H58N4O12.C32H31BrN2O2/c1-21-12-11-13-22(2)42(55)45-33-28(20-44-47-17-15-46(9)16-18-47)37(52)30-31(38(33)53)36(51)26(6)40-32(30)41(54)43(8,59-40)57-19-14-29(56-10)23(3)39(58-27(7)48)25(5)35(50)24(4)34(21)49;1-35(2)19-18-32(36,28-15-9-13-22-10-7-8-14-26(22)28)30(23-11-5-4-6-12-23)27-21-24-20-25(33)16-17-29(24)34-31(27)37-3/h11-14,19-21,23-25,29,34-35,39,49-53H,15-18H2,1-10H3,(H,45,55);4-17,20-21,30,36H,18-19H2,1-3H3/b12-11+,19-14+,22-13-,44-20+;/t21-,23+,24+,25+,29-,34-,35+,39+,43-;30-,32-/m01/s1. The van der Waals surface area contributed by atoms with Crippen molar-refractivity contribution in [2.75, 3.05) is 73.4 Å². The van der Waals surface area contributed by atoms with Gasteiger partial charge in [0.2, 0.25) is 5.88 Å². The molecule has 11 atom stereocenters. The number of amides is 1. The van der Waals surface area contributed by atoms with E-state index in [1.807, 2.05) is 69.7 Å². The zero-order valence-corrected chi connectivity index (χ0v) is 58.3. The number of aromatic hydroxyl groups is 3. The molecule has 1 saturated heterocycles. The number of piperazine rings is 1. The number of methoxy groups -OCH3 is 2. The van der Waals surface area contributed by atoms with Gasteiger partial charge in [-0.25, -0.2) is 4.98 Å². The van der Waals surface area contributed by atoms with Gasteiger partial charge in [-0.15, -0.1) is 0 Å². The first-order valence-corrected chi connectivity index (χ1v) is 33.0. The van der Waals surface area contributed by atoms with Crippen molar-refractivity contribution in [1.82, 2.24) is 19.8 Å². The molecule has 0 unspecified atom stereocenters. The average Bonchev–Trinajstić information content (AvgIpc) is 1.40. The van der Waals surface area contributed by atoms with E-state index in [9.17, 15) is 45.0 Å². The fourth-order valence-corrected chi connectivity index (χ4v) is 13.6. The highest BCUT2D eigenvalue weighted by Crippen LogP contribution is 2.56. The lowest BCUT2D eigenvalue weighted by atomic mass is 9.70. The number of nitrogens with one attached hydrogen (secondary N) is 1. The molecule has 1 amide bonds. The summed E-state index contributed by atoms with van der Waals surface area (Å²) in [6, 6.07) is 32.8. The molecule has 11 rings (SSSR count). The van der Waals surface area contributed by atoms with Crippen LogP contribution in [0.25, 0.3) is 32.4 Å². The van der Waals surface area contributed by atoms with Crippen molar-refractivity contribution in [3.05, 3.63) is 171 Å². The van der Waals surface area contributed by atoms with Crippen molar-refractivity contribution in [2.45, 2.75) is 104 Å². The van der Waals surface area contributed by atoms with Gasteiger partial charge in [-0.1, -0.05) is 135 Å². The summed E-state index contributed by atoms with van der Waals surface area (Å²) >= 11 is 3.60. The number of ketones is 1. The van der Waals surface area contributed by atoms with E-state index in [-0.39, 0.29) is 44.5 Å². The Labute approximate surface area is 569 Å². The van der Waals surface area contributed by atoms with Gasteiger partial charge in [0.25, 0.3) is 11.7 Å². The number of likely N-dealkylation sites (N-methyl/N-ethyl adjacent to an activating group) is 1. The van der Waals surface area contributed by atoms with Crippen LogP contribution in [0.2, 0.25) is 0 Å². The van der Waals surface area contributed by atoms with Crippen LogP contribution in [0.5, 0.6) is 28.9 Å². The number of fused-ring (bicyclic) bond motifs is 16. The number of allylic oxidation sites excluding steroid dienone is 2. The van der Waals surface area contributed by atoms with Gasteiger partial charge in [0, 0.05) is 115 Å². The number of ether oxygens (including phenoxy) is 5. The van der Waals surface area contributed by atoms with Gasteiger partial charge in [0.15, 0.2) is 5.75 Å². The minimum atomic E-state index is -2.04. The maximum absolute atomic E-state index is 14.4. The van der Waals surface area contributed by atoms with Crippen molar-refractivity contribution < 1.29 is 68.7 Å². The zero-order valence-electron chi connectivity index (χ0n) is 56.7. The van der Waals surface area contributed by atoms with E-state index >= 15 is 0 Å². The maximum Gasteiger partial charge on any atom is 0.312 e. The number of rotatable bonds is 12. The fourth-order valence-electron chi connectivity index (χ4n) is 13.2. The van der Waals surface area contributed by atoms with Gasteiger partial charge in [-0.2, -0.15) is 5.10 Å². The molecule has 1 fully saturated rings. The smallest absolute Gasteiger partial charge is 0.312 e. The van der Waals surface area contributed by atoms with Gasteiger partial charge < -0.3 is 69.4 Å². The van der Waals surface area contributed by atoms with Crippen LogP contribution in [-0.2, 0) is 29.4 Å².